The summed E-state index contributed by atoms with van der Waals surface area (Å²) in [6.45, 7) is 6.48. The second kappa shape index (κ2) is 9.65. The van der Waals surface area contributed by atoms with Gasteiger partial charge in [-0.2, -0.15) is 0 Å². The summed E-state index contributed by atoms with van der Waals surface area (Å²) < 4.78 is 10.7. The van der Waals surface area contributed by atoms with Crippen LogP contribution in [-0.2, 0) is 13.0 Å². The van der Waals surface area contributed by atoms with Gasteiger partial charge in [-0.1, -0.05) is 13.0 Å². The molecule has 0 bridgehead atoms. The van der Waals surface area contributed by atoms with Gasteiger partial charge in [-0.3, -0.25) is 0 Å². The van der Waals surface area contributed by atoms with Gasteiger partial charge in [0.25, 0.3) is 0 Å². The zero-order valence-electron chi connectivity index (χ0n) is 14.8. The van der Waals surface area contributed by atoms with Crippen molar-refractivity contribution in [2.24, 2.45) is 4.99 Å². The van der Waals surface area contributed by atoms with E-state index in [0.717, 1.165) is 49.0 Å². The van der Waals surface area contributed by atoms with Gasteiger partial charge in [0.15, 0.2) is 5.96 Å². The predicted molar refractivity (Wildman–Crippen MR) is 97.6 cm³/mol. The van der Waals surface area contributed by atoms with Crippen molar-refractivity contribution < 1.29 is 9.15 Å². The molecule has 0 saturated carbocycles. The topological polar surface area (TPSA) is 58.8 Å². The van der Waals surface area contributed by atoms with Crippen LogP contribution in [-0.4, -0.2) is 26.2 Å². The van der Waals surface area contributed by atoms with Crippen molar-refractivity contribution >= 4 is 5.96 Å². The molecule has 0 aliphatic carbocycles. The normalized spacial score (nSPS) is 11.4. The van der Waals surface area contributed by atoms with Gasteiger partial charge in [0.1, 0.15) is 11.5 Å². The molecule has 5 heteroatoms. The fourth-order valence-corrected chi connectivity index (χ4v) is 2.38. The minimum absolute atomic E-state index is 0.609. The van der Waals surface area contributed by atoms with Crippen molar-refractivity contribution in [3.8, 4) is 5.75 Å². The third kappa shape index (κ3) is 5.99. The summed E-state index contributed by atoms with van der Waals surface area (Å²) in [5, 5.41) is 6.69. The number of hydrogen-bond acceptors (Lipinski definition) is 3. The Hall–Kier alpha value is -2.43. The van der Waals surface area contributed by atoms with Crippen LogP contribution in [0.1, 0.15) is 30.2 Å². The average molecular weight is 329 g/mol. The number of nitrogens with zero attached hydrogens (tertiary/aromatic N) is 1. The van der Waals surface area contributed by atoms with E-state index in [1.54, 1.807) is 13.4 Å². The van der Waals surface area contributed by atoms with E-state index in [1.165, 1.54) is 5.56 Å². The number of furan rings is 1. The molecule has 0 atom stereocenters. The van der Waals surface area contributed by atoms with Gasteiger partial charge >= 0.3 is 0 Å². The maximum atomic E-state index is 5.35. The molecular weight excluding hydrogens is 302 g/mol. The first kappa shape index (κ1) is 17.9. The first-order valence-corrected chi connectivity index (χ1v) is 8.40. The van der Waals surface area contributed by atoms with Crippen LogP contribution in [0.25, 0.3) is 0 Å². The molecule has 0 amide bonds. The lowest BCUT2D eigenvalue weighted by atomic mass is 10.1. The highest BCUT2D eigenvalue weighted by atomic mass is 16.5. The Morgan fingerprint density at radius 1 is 1.21 bits per heavy atom. The fourth-order valence-electron chi connectivity index (χ4n) is 2.38. The molecule has 0 aliphatic rings. The predicted octanol–water partition coefficient (Wildman–Crippen LogP) is 3.28. The minimum Gasteiger partial charge on any atom is -0.497 e. The molecule has 0 aliphatic heterocycles. The van der Waals surface area contributed by atoms with E-state index < -0.39 is 0 Å². The summed E-state index contributed by atoms with van der Waals surface area (Å²) in [4.78, 5) is 4.68. The van der Waals surface area contributed by atoms with Crippen molar-refractivity contribution in [3.05, 3.63) is 53.5 Å². The maximum absolute atomic E-state index is 5.35. The molecule has 24 heavy (non-hydrogen) atoms. The second-order valence-corrected chi connectivity index (χ2v) is 5.71. The fraction of sp³-hybridized carbons (Fsp3) is 0.421. The van der Waals surface area contributed by atoms with Crippen LogP contribution in [0.3, 0.4) is 0 Å². The Kier molecular flexibility index (Phi) is 7.21. The summed E-state index contributed by atoms with van der Waals surface area (Å²) in [6.07, 6.45) is 3.58. The van der Waals surface area contributed by atoms with Crippen LogP contribution >= 0.6 is 0 Å². The van der Waals surface area contributed by atoms with Crippen LogP contribution < -0.4 is 15.4 Å². The number of aryl methyl sites for hydroxylation is 1. The van der Waals surface area contributed by atoms with E-state index in [4.69, 9.17) is 9.15 Å². The van der Waals surface area contributed by atoms with Gasteiger partial charge < -0.3 is 19.8 Å². The molecule has 0 spiro atoms. The number of guanidine groups is 1. The lowest BCUT2D eigenvalue weighted by molar-refractivity contribution is 0.414. The van der Waals surface area contributed by atoms with Crippen molar-refractivity contribution in [1.29, 1.82) is 0 Å². The number of hydrogen-bond donors (Lipinski definition) is 2. The van der Waals surface area contributed by atoms with Gasteiger partial charge in [-0.15, -0.1) is 0 Å². The summed E-state index contributed by atoms with van der Waals surface area (Å²) in [6, 6.07) is 10.1. The quantitative estimate of drug-likeness (QED) is 0.576. The van der Waals surface area contributed by atoms with Crippen LogP contribution in [0.2, 0.25) is 0 Å². The standard InChI is InChI=1S/C19H27N3O2/c1-4-8-20-19(21-9-7-17-6-5-10-24-17)22-14-16-11-15(2)12-18(13-16)23-3/h5-6,10-13H,4,7-9,14H2,1-3H3,(H2,20,21,22). The SMILES string of the molecule is CCCNC(=NCc1cc(C)cc(OC)c1)NCCc1ccco1. The first-order valence-electron chi connectivity index (χ1n) is 8.40. The number of benzene rings is 1. The lowest BCUT2D eigenvalue weighted by Crippen LogP contribution is -2.38. The molecule has 1 aromatic carbocycles. The zero-order valence-corrected chi connectivity index (χ0v) is 14.8. The van der Waals surface area contributed by atoms with Crippen LogP contribution in [0, 0.1) is 6.92 Å². The van der Waals surface area contributed by atoms with Crippen molar-refractivity contribution in [3.63, 3.8) is 0 Å². The van der Waals surface area contributed by atoms with E-state index in [1.807, 2.05) is 24.3 Å². The van der Waals surface area contributed by atoms with Crippen LogP contribution in [0.4, 0.5) is 0 Å². The average Bonchev–Trinajstić information content (AvgIpc) is 3.09. The highest BCUT2D eigenvalue weighted by Crippen LogP contribution is 2.16. The van der Waals surface area contributed by atoms with E-state index >= 15 is 0 Å². The van der Waals surface area contributed by atoms with Gasteiger partial charge in [-0.25, -0.2) is 4.99 Å². The van der Waals surface area contributed by atoms with E-state index in [0.29, 0.717) is 6.54 Å². The van der Waals surface area contributed by atoms with Gasteiger partial charge in [0.05, 0.1) is 19.9 Å². The molecule has 1 aromatic heterocycles. The van der Waals surface area contributed by atoms with E-state index in [2.05, 4.69) is 35.5 Å². The van der Waals surface area contributed by atoms with E-state index in [9.17, 15) is 0 Å². The monoisotopic (exact) mass is 329 g/mol. The Morgan fingerprint density at radius 2 is 2.04 bits per heavy atom. The summed E-state index contributed by atoms with van der Waals surface area (Å²) in [5.41, 5.74) is 2.31. The molecule has 0 saturated heterocycles. The number of methoxy groups -OCH3 is 1. The molecule has 2 N–H and O–H groups in total. The summed E-state index contributed by atoms with van der Waals surface area (Å²) in [5.74, 6) is 2.67. The third-order valence-corrected chi connectivity index (χ3v) is 3.55. The lowest BCUT2D eigenvalue weighted by Gasteiger charge is -2.12. The molecule has 2 rings (SSSR count). The first-order chi connectivity index (χ1) is 11.7. The van der Waals surface area contributed by atoms with Crippen molar-refractivity contribution in [1.82, 2.24) is 10.6 Å². The highest BCUT2D eigenvalue weighted by molar-refractivity contribution is 5.79. The highest BCUT2D eigenvalue weighted by Gasteiger charge is 2.02. The van der Waals surface area contributed by atoms with Gasteiger partial charge in [0, 0.05) is 19.5 Å². The molecule has 130 valence electrons. The van der Waals surface area contributed by atoms with Crippen LogP contribution in [0.15, 0.2) is 46.0 Å². The molecule has 0 unspecified atom stereocenters. The second-order valence-electron chi connectivity index (χ2n) is 5.71. The number of nitrogens with one attached hydrogen (secondary N) is 2. The number of ether oxygens (including phenoxy) is 1. The van der Waals surface area contributed by atoms with Crippen LogP contribution in [0.5, 0.6) is 5.75 Å². The third-order valence-electron chi connectivity index (χ3n) is 3.55. The summed E-state index contributed by atoms with van der Waals surface area (Å²) in [7, 11) is 1.69. The molecule has 2 aromatic rings. The van der Waals surface area contributed by atoms with E-state index in [-0.39, 0.29) is 0 Å². The van der Waals surface area contributed by atoms with Gasteiger partial charge in [0.2, 0.25) is 0 Å². The largest absolute Gasteiger partial charge is 0.497 e. The number of aliphatic imine (C=N–C) groups is 1. The Morgan fingerprint density at radius 3 is 2.75 bits per heavy atom. The molecular formula is C19H27N3O2. The van der Waals surface area contributed by atoms with Crippen molar-refractivity contribution in [2.75, 3.05) is 20.2 Å². The molecule has 0 fully saturated rings. The van der Waals surface area contributed by atoms with Gasteiger partial charge in [-0.05, 0) is 48.7 Å². The zero-order chi connectivity index (χ0) is 17.2. The molecule has 1 heterocycles. The molecule has 0 radical (unpaired) electrons. The van der Waals surface area contributed by atoms with Crippen molar-refractivity contribution in [2.45, 2.75) is 33.2 Å². The maximum Gasteiger partial charge on any atom is 0.191 e. The minimum atomic E-state index is 0.609. The number of rotatable bonds is 8. The Labute approximate surface area is 144 Å². The smallest absolute Gasteiger partial charge is 0.191 e. The summed E-state index contributed by atoms with van der Waals surface area (Å²) >= 11 is 0. The molecule has 5 nitrogen and oxygen atoms in total. The Balaban J connectivity index is 1.95. The Bertz CT molecular complexity index is 636.